The van der Waals surface area contributed by atoms with Crippen LogP contribution in [0.25, 0.3) is 0 Å². The van der Waals surface area contributed by atoms with E-state index in [1.165, 1.54) is 16.5 Å². The first-order valence-corrected chi connectivity index (χ1v) is 30.0. The van der Waals surface area contributed by atoms with Crippen LogP contribution in [0.15, 0.2) is 72.8 Å². The molecule has 408 valence electrons. The van der Waals surface area contributed by atoms with Gasteiger partial charge in [-0.3, -0.25) is 33.6 Å². The maximum Gasteiger partial charge on any atom is 0.251 e. The monoisotopic (exact) mass is 1050 g/mol. The van der Waals surface area contributed by atoms with Crippen molar-refractivity contribution in [3.8, 4) is 0 Å². The van der Waals surface area contributed by atoms with Crippen molar-refractivity contribution in [1.82, 2.24) is 46.6 Å². The summed E-state index contributed by atoms with van der Waals surface area (Å²) in [5.74, 6) is -3.08. The second-order valence-corrected chi connectivity index (χ2v) is 29.0. The standard InChI is InChI=1S/C57H82FN9O7Si/c1-34(59-10)49(68)63-47(56(4,5)6)54(73)66-31-40(29-45(66)52(71)62-44-24-18-20-38-19-14-15-22-42(38)44)61-51(70)39-27-25-37(26-28-39)30-65(36(3)41-21-16-17-23-43(41)58)53(72)46-32-75(12,13)33-67(46)55(74)48(57(7,8)9)64-50(69)35(2)60-11/h14-17,19,21-23,25-28,34-36,40,44-48,59-60H,18,20,24,29-33H2,1-13H3,(H,61,70)(H,62,71)(H,63,68)(H,64,69). The van der Waals surface area contributed by atoms with Gasteiger partial charge in [-0.1, -0.05) is 109 Å². The summed E-state index contributed by atoms with van der Waals surface area (Å²) >= 11 is 0. The van der Waals surface area contributed by atoms with E-state index in [2.05, 4.69) is 51.1 Å². The predicted molar refractivity (Wildman–Crippen MR) is 291 cm³/mol. The summed E-state index contributed by atoms with van der Waals surface area (Å²) in [5, 5.41) is 18.0. The number of nitrogens with one attached hydrogen (secondary N) is 6. The summed E-state index contributed by atoms with van der Waals surface area (Å²) in [7, 11) is 1.14. The molecular formula is C57H82FN9O7Si. The molecule has 3 aliphatic rings. The minimum atomic E-state index is -2.18. The Balaban J connectivity index is 1.25. The lowest BCUT2D eigenvalue weighted by Crippen LogP contribution is -2.60. The third-order valence-corrected chi connectivity index (χ3v) is 18.0. The molecule has 0 aromatic heterocycles. The van der Waals surface area contributed by atoms with Gasteiger partial charge in [0, 0.05) is 36.4 Å². The average molecular weight is 1050 g/mol. The number of aryl methyl sites for hydroxylation is 1. The normalized spacial score (nSPS) is 21.4. The molecule has 9 atom stereocenters. The number of hydrogen-bond donors (Lipinski definition) is 6. The Morgan fingerprint density at radius 1 is 0.733 bits per heavy atom. The van der Waals surface area contributed by atoms with Gasteiger partial charge in [-0.25, -0.2) is 4.39 Å². The van der Waals surface area contributed by atoms with Crippen molar-refractivity contribution in [1.29, 1.82) is 0 Å². The van der Waals surface area contributed by atoms with Crippen molar-refractivity contribution in [3.05, 3.63) is 106 Å². The third kappa shape index (κ3) is 13.9. The van der Waals surface area contributed by atoms with E-state index in [-0.39, 0.29) is 55.1 Å². The lowest BCUT2D eigenvalue weighted by atomic mass is 9.85. The maximum absolute atomic E-state index is 15.6. The number of carbonyl (C=O) groups excluding carboxylic acids is 7. The number of benzene rings is 3. The van der Waals surface area contributed by atoms with Gasteiger partial charge in [0.15, 0.2) is 0 Å². The highest BCUT2D eigenvalue weighted by molar-refractivity contribution is 6.79. The van der Waals surface area contributed by atoms with E-state index in [1.54, 1.807) is 87.1 Å². The fourth-order valence-electron chi connectivity index (χ4n) is 10.6. The summed E-state index contributed by atoms with van der Waals surface area (Å²) < 4.78 is 15.6. The van der Waals surface area contributed by atoms with Crippen LogP contribution in [-0.4, -0.2) is 133 Å². The number of carbonyl (C=O) groups is 7. The Morgan fingerprint density at radius 2 is 1.29 bits per heavy atom. The highest BCUT2D eigenvalue weighted by Gasteiger charge is 2.50. The minimum absolute atomic E-state index is 0.0231. The maximum atomic E-state index is 15.6. The first kappa shape index (κ1) is 58.3. The van der Waals surface area contributed by atoms with Crippen molar-refractivity contribution in [3.63, 3.8) is 0 Å². The molecule has 7 amide bonds. The highest BCUT2D eigenvalue weighted by Crippen LogP contribution is 2.36. The van der Waals surface area contributed by atoms with E-state index in [0.717, 1.165) is 24.8 Å². The molecule has 0 radical (unpaired) electrons. The molecule has 2 aliphatic heterocycles. The number of hydrogen-bond acceptors (Lipinski definition) is 9. The summed E-state index contributed by atoms with van der Waals surface area (Å²) in [6.07, 6.45) is 3.08. The molecule has 75 heavy (non-hydrogen) atoms. The van der Waals surface area contributed by atoms with Crippen LogP contribution in [0.1, 0.15) is 126 Å². The van der Waals surface area contributed by atoms with E-state index in [1.807, 2.05) is 59.7 Å². The lowest BCUT2D eigenvalue weighted by Gasteiger charge is -2.38. The van der Waals surface area contributed by atoms with Crippen molar-refractivity contribution in [2.75, 3.05) is 26.8 Å². The number of likely N-dealkylation sites (tertiary alicyclic amines) is 1. The van der Waals surface area contributed by atoms with E-state index < -0.39 is 84.9 Å². The zero-order chi connectivity index (χ0) is 55.3. The predicted octanol–water partition coefficient (Wildman–Crippen LogP) is 5.54. The molecule has 18 heteroatoms. The number of rotatable bonds is 17. The number of likely N-dealkylation sites (N-methyl/N-ethyl adjacent to an activating group) is 2. The largest absolute Gasteiger partial charge is 0.347 e. The Morgan fingerprint density at radius 3 is 1.87 bits per heavy atom. The van der Waals surface area contributed by atoms with Crippen LogP contribution in [0, 0.1) is 16.6 Å². The Kier molecular flexibility index (Phi) is 18.6. The lowest BCUT2D eigenvalue weighted by molar-refractivity contribution is -0.148. The van der Waals surface area contributed by atoms with Crippen LogP contribution in [0.2, 0.25) is 19.1 Å². The van der Waals surface area contributed by atoms with Gasteiger partial charge in [0.2, 0.25) is 35.4 Å². The van der Waals surface area contributed by atoms with Gasteiger partial charge in [-0.05, 0) is 112 Å². The molecule has 2 saturated heterocycles. The van der Waals surface area contributed by atoms with Crippen LogP contribution in [-0.2, 0) is 41.7 Å². The fourth-order valence-corrected chi connectivity index (χ4v) is 13.4. The summed E-state index contributed by atoms with van der Waals surface area (Å²) in [5.41, 5.74) is 2.05. The van der Waals surface area contributed by atoms with E-state index >= 15 is 9.18 Å². The molecule has 1 aliphatic carbocycles. The van der Waals surface area contributed by atoms with Gasteiger partial charge in [-0.15, -0.1) is 0 Å². The highest BCUT2D eigenvalue weighted by atomic mass is 28.3. The van der Waals surface area contributed by atoms with Gasteiger partial charge < -0.3 is 46.6 Å². The summed E-state index contributed by atoms with van der Waals surface area (Å²) in [4.78, 5) is 104. The second-order valence-electron chi connectivity index (χ2n) is 23.9. The first-order chi connectivity index (χ1) is 35.1. The molecular weight excluding hydrogens is 970 g/mol. The molecule has 2 fully saturated rings. The van der Waals surface area contributed by atoms with Crippen molar-refractivity contribution in [2.45, 2.75) is 168 Å². The van der Waals surface area contributed by atoms with Crippen LogP contribution in [0.5, 0.6) is 0 Å². The van der Waals surface area contributed by atoms with Crippen LogP contribution in [0.4, 0.5) is 4.39 Å². The third-order valence-electron chi connectivity index (χ3n) is 15.3. The number of fused-ring (bicyclic) bond motifs is 1. The van der Waals surface area contributed by atoms with Crippen molar-refractivity contribution >= 4 is 49.4 Å². The Bertz CT molecular complexity index is 2580. The molecule has 9 unspecified atom stereocenters. The van der Waals surface area contributed by atoms with Gasteiger partial charge in [0.05, 0.1) is 32.2 Å². The smallest absolute Gasteiger partial charge is 0.251 e. The van der Waals surface area contributed by atoms with Crippen molar-refractivity contribution in [2.24, 2.45) is 10.8 Å². The molecule has 0 bridgehead atoms. The quantitative estimate of drug-likeness (QED) is 0.0940. The number of halogens is 1. The van der Waals surface area contributed by atoms with E-state index in [0.29, 0.717) is 28.9 Å². The van der Waals surface area contributed by atoms with E-state index in [4.69, 9.17) is 0 Å². The first-order valence-electron chi connectivity index (χ1n) is 26.5. The van der Waals surface area contributed by atoms with Gasteiger partial charge >= 0.3 is 0 Å². The molecule has 16 nitrogen and oxygen atoms in total. The number of amides is 7. The molecule has 6 rings (SSSR count). The molecule has 3 aromatic carbocycles. The zero-order valence-corrected chi connectivity index (χ0v) is 47.4. The summed E-state index contributed by atoms with van der Waals surface area (Å²) in [6.45, 7) is 20.7. The van der Waals surface area contributed by atoms with E-state index in [9.17, 15) is 28.8 Å². The molecule has 6 N–H and O–H groups in total. The molecule has 0 saturated carbocycles. The van der Waals surface area contributed by atoms with Crippen molar-refractivity contribution < 1.29 is 38.0 Å². The zero-order valence-electron chi connectivity index (χ0n) is 46.4. The minimum Gasteiger partial charge on any atom is -0.347 e. The molecule has 2 heterocycles. The topological polar surface area (TPSA) is 201 Å². The Labute approximate surface area is 444 Å². The fraction of sp³-hybridized carbons (Fsp3) is 0.561. The average Bonchev–Trinajstić information content (AvgIpc) is 3.94. The molecule has 3 aromatic rings. The SMILES string of the molecule is CNC(C)C(=O)NC(C(=O)N1CC(NC(=O)c2ccc(CN(C(=O)C3C[Si](C)(C)CN3C(=O)C(NC(=O)C(C)NC)C(C)(C)C)C(C)c3ccccc3F)cc2)CC1C(=O)NC1CCCc2ccccc21)C(C)(C)C. The van der Waals surface area contributed by atoms with Crippen LogP contribution >= 0.6 is 0 Å². The number of nitrogens with zero attached hydrogens (tertiary/aromatic N) is 3. The Hall–Kier alpha value is -5.98. The van der Waals surface area contributed by atoms with Crippen LogP contribution in [0.3, 0.4) is 0 Å². The summed E-state index contributed by atoms with van der Waals surface area (Å²) in [6, 6.07) is 15.1. The van der Waals surface area contributed by atoms with Gasteiger partial charge in [0.25, 0.3) is 5.91 Å². The van der Waals surface area contributed by atoms with Gasteiger partial charge in [0.1, 0.15) is 30.0 Å². The van der Waals surface area contributed by atoms with Gasteiger partial charge in [-0.2, -0.15) is 0 Å². The molecule has 0 spiro atoms. The van der Waals surface area contributed by atoms with Crippen LogP contribution < -0.4 is 31.9 Å². The second kappa shape index (κ2) is 23.9.